The molecule has 18 nitrogen and oxygen atoms in total. The maximum absolute atomic E-state index is 13.2. The molecular weight excluding hydrogens is 927 g/mol. The van der Waals surface area contributed by atoms with Crippen molar-refractivity contribution >= 4 is 57.2 Å². The third kappa shape index (κ3) is 11.5. The maximum atomic E-state index is 13.2. The Labute approximate surface area is 427 Å². The van der Waals surface area contributed by atoms with E-state index in [2.05, 4.69) is 100 Å². The molecule has 5 aromatic rings. The fraction of sp³-hybridized carbons (Fsp3) is 0.564. The van der Waals surface area contributed by atoms with Crippen LogP contribution in [0.3, 0.4) is 0 Å². The number of hydrogen-bond acceptors (Lipinski definition) is 14. The quantitative estimate of drug-likeness (QED) is 0.0278. The number of carbonyl (C=O) groups is 4. The number of amides is 3. The zero-order chi connectivity index (χ0) is 51.6. The Hall–Kier alpha value is -6.08. The summed E-state index contributed by atoms with van der Waals surface area (Å²) in [4.78, 5) is 76.8. The van der Waals surface area contributed by atoms with Gasteiger partial charge in [0.05, 0.1) is 28.5 Å². The predicted octanol–water partition coefficient (Wildman–Crippen LogP) is 7.34. The molecule has 2 aromatic carbocycles. The van der Waals surface area contributed by atoms with Crippen LogP contribution in [-0.2, 0) is 26.2 Å². The molecule has 6 N–H and O–H groups in total. The average Bonchev–Trinajstić information content (AvgIpc) is 4.09. The van der Waals surface area contributed by atoms with E-state index < -0.39 is 42.4 Å². The van der Waals surface area contributed by atoms with Crippen LogP contribution in [0, 0.1) is 5.92 Å². The first-order valence-electron chi connectivity index (χ1n) is 26.5. The Kier molecular flexibility index (Phi) is 15.7. The number of unbranched alkanes of at least 4 members (excludes halogenated alkanes) is 4. The first-order chi connectivity index (χ1) is 35.0. The van der Waals surface area contributed by atoms with Crippen molar-refractivity contribution in [1.82, 2.24) is 44.6 Å². The van der Waals surface area contributed by atoms with Crippen LogP contribution >= 0.6 is 0 Å². The number of aromatic nitrogens is 6. The Morgan fingerprint density at radius 3 is 2.38 bits per heavy atom. The van der Waals surface area contributed by atoms with Crippen LogP contribution in [-0.4, -0.2) is 129 Å². The zero-order valence-electron chi connectivity index (χ0n) is 43.0. The van der Waals surface area contributed by atoms with Crippen molar-refractivity contribution < 1.29 is 34.1 Å². The first kappa shape index (κ1) is 51.8. The van der Waals surface area contributed by atoms with E-state index in [1.807, 2.05) is 0 Å². The fourth-order valence-corrected chi connectivity index (χ4v) is 10.9. The number of imidazole rings is 2. The number of H-pyrrole nitrogens is 1. The van der Waals surface area contributed by atoms with E-state index in [1.54, 1.807) is 29.1 Å². The third-order valence-corrected chi connectivity index (χ3v) is 15.3. The van der Waals surface area contributed by atoms with Gasteiger partial charge in [0.1, 0.15) is 42.3 Å². The summed E-state index contributed by atoms with van der Waals surface area (Å²) in [7, 11) is 0. The van der Waals surface area contributed by atoms with Crippen LogP contribution in [0.25, 0.3) is 22.2 Å². The van der Waals surface area contributed by atoms with Gasteiger partial charge < -0.3 is 35.9 Å². The number of aromatic amines is 1. The molecule has 0 spiro atoms. The van der Waals surface area contributed by atoms with E-state index in [0.29, 0.717) is 91.1 Å². The molecule has 6 heterocycles. The molecule has 0 radical (unpaired) electrons. The molecule has 73 heavy (non-hydrogen) atoms. The molecule has 9 rings (SSSR count). The highest BCUT2D eigenvalue weighted by atomic mass is 16.6. The molecule has 18 heteroatoms. The number of aliphatic hydroxyl groups excluding tert-OH is 2. The molecule has 3 fully saturated rings. The van der Waals surface area contributed by atoms with Gasteiger partial charge in [-0.2, -0.15) is 0 Å². The Morgan fingerprint density at radius 2 is 1.66 bits per heavy atom. The van der Waals surface area contributed by atoms with E-state index in [9.17, 15) is 29.4 Å². The minimum absolute atomic E-state index is 0.0829. The number of aryl methyl sites for hydroxylation is 1. The fourth-order valence-electron chi connectivity index (χ4n) is 10.9. The highest BCUT2D eigenvalue weighted by Gasteiger charge is 2.47. The molecule has 4 aliphatic rings. The molecule has 0 bridgehead atoms. The lowest BCUT2D eigenvalue weighted by atomic mass is 9.76. The van der Waals surface area contributed by atoms with Gasteiger partial charge in [-0.15, -0.1) is 0 Å². The lowest BCUT2D eigenvalue weighted by molar-refractivity contribution is -0.125. The van der Waals surface area contributed by atoms with Crippen molar-refractivity contribution in [3.05, 3.63) is 83.8 Å². The summed E-state index contributed by atoms with van der Waals surface area (Å²) in [6, 6.07) is 11.4. The lowest BCUT2D eigenvalue weighted by Crippen LogP contribution is -2.52. The summed E-state index contributed by atoms with van der Waals surface area (Å²) >= 11 is 0. The molecule has 3 aromatic heterocycles. The van der Waals surface area contributed by atoms with Gasteiger partial charge in [0.2, 0.25) is 5.91 Å². The summed E-state index contributed by atoms with van der Waals surface area (Å²) in [5, 5.41) is 32.0. The standard InChI is InChI=1S/C55H73N11O7/c1-32(2)64(37-25-34(26-37)16-22-45-62-41-20-17-35(55(4,5)6)27-42(41)63-45)29-44-47(68)48(69)54(73-44)65-31-60-46-49(58-30-59-50(46)65)57-24-12-8-10-14-38(67)13-9-7-11-23-56-36-18-19-39-40(28-36)53(72)66(52(39)71)43-21-15-33(3)61-51(43)70/h17-20,27-28,30-32,34,37,43-44,47-48,54,56,68-69H,3,7-16,21-26,29H2,1-2,4-6H3,(H,61,70)(H,62,63)(H,57,58,59)/t34?,37?,43?,44-,47?,48+,54-/m1/s1. The van der Waals surface area contributed by atoms with Crippen LogP contribution in [0.1, 0.15) is 156 Å². The van der Waals surface area contributed by atoms with Crippen molar-refractivity contribution in [3.63, 3.8) is 0 Å². The Balaban J connectivity index is 0.657. The van der Waals surface area contributed by atoms with Gasteiger partial charge in [-0.25, -0.2) is 19.9 Å². The van der Waals surface area contributed by atoms with Gasteiger partial charge >= 0.3 is 0 Å². The van der Waals surface area contributed by atoms with Crippen LogP contribution in [0.2, 0.25) is 0 Å². The summed E-state index contributed by atoms with van der Waals surface area (Å²) in [6.45, 7) is 16.6. The summed E-state index contributed by atoms with van der Waals surface area (Å²) < 4.78 is 8.13. The van der Waals surface area contributed by atoms with Gasteiger partial charge in [0, 0.05) is 62.4 Å². The third-order valence-electron chi connectivity index (χ3n) is 15.3. The van der Waals surface area contributed by atoms with Gasteiger partial charge in [0.25, 0.3) is 11.8 Å². The molecule has 1 saturated carbocycles. The minimum atomic E-state index is -1.17. The van der Waals surface area contributed by atoms with Crippen molar-refractivity contribution in [1.29, 1.82) is 0 Å². The molecule has 3 aliphatic heterocycles. The number of benzene rings is 2. The highest BCUT2D eigenvalue weighted by molar-refractivity contribution is 6.23. The number of piperidine rings is 1. The number of nitrogens with one attached hydrogen (secondary N) is 4. The van der Waals surface area contributed by atoms with E-state index in [1.165, 1.54) is 11.9 Å². The van der Waals surface area contributed by atoms with Crippen molar-refractivity contribution in [3.8, 4) is 0 Å². The highest BCUT2D eigenvalue weighted by Crippen LogP contribution is 2.39. The van der Waals surface area contributed by atoms with Gasteiger partial charge in [-0.3, -0.25) is 33.5 Å². The molecule has 2 unspecified atom stereocenters. The van der Waals surface area contributed by atoms with Crippen LogP contribution < -0.4 is 16.0 Å². The van der Waals surface area contributed by atoms with Crippen LogP contribution in [0.15, 0.2) is 61.3 Å². The first-order valence-corrected chi connectivity index (χ1v) is 26.5. The molecule has 390 valence electrons. The number of Topliss-reactive ketones (excluding diaryl/α,β-unsaturated/α-hetero) is 1. The van der Waals surface area contributed by atoms with Crippen LogP contribution in [0.5, 0.6) is 0 Å². The number of imide groups is 1. The topological polar surface area (TPSA) is 233 Å². The molecule has 2 saturated heterocycles. The zero-order valence-corrected chi connectivity index (χ0v) is 43.0. The van der Waals surface area contributed by atoms with Gasteiger partial charge in [-0.05, 0) is 119 Å². The number of allylic oxidation sites excluding steroid dienone is 1. The maximum Gasteiger partial charge on any atom is 0.262 e. The van der Waals surface area contributed by atoms with E-state index in [4.69, 9.17) is 9.72 Å². The second kappa shape index (κ2) is 22.2. The lowest BCUT2D eigenvalue weighted by Gasteiger charge is -2.46. The summed E-state index contributed by atoms with van der Waals surface area (Å²) in [5.41, 5.74) is 6.44. The second-order valence-corrected chi connectivity index (χ2v) is 22.0. The monoisotopic (exact) mass is 1000 g/mol. The van der Waals surface area contributed by atoms with E-state index in [-0.39, 0.29) is 23.1 Å². The smallest absolute Gasteiger partial charge is 0.262 e. The second-order valence-electron chi connectivity index (χ2n) is 22.0. The number of anilines is 2. The summed E-state index contributed by atoms with van der Waals surface area (Å²) in [6.07, 6.45) is 10.4. The Morgan fingerprint density at radius 1 is 0.918 bits per heavy atom. The number of rotatable bonds is 23. The average molecular weight is 1000 g/mol. The van der Waals surface area contributed by atoms with Crippen molar-refractivity contribution in [2.45, 2.75) is 173 Å². The van der Waals surface area contributed by atoms with E-state index in [0.717, 1.165) is 91.7 Å². The van der Waals surface area contributed by atoms with Crippen LogP contribution in [0.4, 0.5) is 11.5 Å². The Bertz CT molecular complexity index is 2830. The van der Waals surface area contributed by atoms with Gasteiger partial charge in [-0.1, -0.05) is 46.3 Å². The number of hydrogen-bond donors (Lipinski definition) is 6. The normalized spacial score (nSPS) is 23.2. The SMILES string of the molecule is C=C1CCC(N2C(=O)c3ccc(NCCCCCC(=O)CCCCCNc4ncnc5c4ncn5[C@@H]4O[C@H](CN(C(C)C)C5CC(CCc6nc7ccc(C(C)(C)C)cc7[nH]6)C5)C(O)[C@@H]4O)cc3C2=O)C(=O)N1. The van der Waals surface area contributed by atoms with Crippen molar-refractivity contribution in [2.75, 3.05) is 30.3 Å². The minimum Gasteiger partial charge on any atom is -0.387 e. The molecule has 1 aliphatic carbocycles. The summed E-state index contributed by atoms with van der Waals surface area (Å²) in [5.74, 6) is 1.16. The number of aliphatic hydroxyl groups is 2. The van der Waals surface area contributed by atoms with Crippen molar-refractivity contribution in [2.24, 2.45) is 5.92 Å². The molecule has 5 atom stereocenters. The molecule has 3 amide bonds. The number of fused-ring (bicyclic) bond motifs is 3. The number of carbonyl (C=O) groups excluding carboxylic acids is 4. The number of nitrogens with zero attached hydrogens (tertiary/aromatic N) is 7. The number of ether oxygens (including phenoxy) is 1. The van der Waals surface area contributed by atoms with Gasteiger partial charge in [0.15, 0.2) is 23.2 Å². The molecular formula is C55H73N11O7. The largest absolute Gasteiger partial charge is 0.387 e. The predicted molar refractivity (Wildman–Crippen MR) is 279 cm³/mol. The number of ketones is 1. The van der Waals surface area contributed by atoms with E-state index >= 15 is 0 Å².